The van der Waals surface area contributed by atoms with Crippen molar-refractivity contribution in [1.82, 2.24) is 9.97 Å². The summed E-state index contributed by atoms with van der Waals surface area (Å²) in [6, 6.07) is 3.18. The van der Waals surface area contributed by atoms with Crippen molar-refractivity contribution in [2.24, 2.45) is 0 Å². The monoisotopic (exact) mass is 364 g/mol. The summed E-state index contributed by atoms with van der Waals surface area (Å²) >= 11 is 0. The molecule has 1 heterocycles. The van der Waals surface area contributed by atoms with Gasteiger partial charge in [-0.1, -0.05) is 0 Å². The van der Waals surface area contributed by atoms with Gasteiger partial charge >= 0.3 is 0 Å². The van der Waals surface area contributed by atoms with E-state index in [1.54, 1.807) is 12.1 Å². The Morgan fingerprint density at radius 3 is 1.92 bits per heavy atom. The predicted molar refractivity (Wildman–Crippen MR) is 95.1 cm³/mol. The number of nitrogens with zero attached hydrogens (tertiary/aromatic N) is 3. The molecule has 0 aliphatic heterocycles. The van der Waals surface area contributed by atoms with Crippen LogP contribution in [-0.2, 0) is 0 Å². The lowest BCUT2D eigenvalue weighted by molar-refractivity contribution is -0.481. The Hall–Kier alpha value is -3.50. The number of methoxy groups -OCH3 is 3. The molecule has 0 spiro atoms. The smallest absolute Gasteiger partial charge is 0.223 e. The van der Waals surface area contributed by atoms with E-state index < -0.39 is 17.4 Å². The second-order valence-corrected chi connectivity index (χ2v) is 5.29. The van der Waals surface area contributed by atoms with Crippen LogP contribution in [0.3, 0.4) is 0 Å². The van der Waals surface area contributed by atoms with Crippen molar-refractivity contribution >= 4 is 17.6 Å². The van der Waals surface area contributed by atoms with Crippen LogP contribution in [0.25, 0.3) is 0 Å². The van der Waals surface area contributed by atoms with Gasteiger partial charge in [0.25, 0.3) is 0 Å². The molecule has 1 aromatic heterocycles. The third-order valence-electron chi connectivity index (χ3n) is 3.79. The Kier molecular flexibility index (Phi) is 5.50. The summed E-state index contributed by atoms with van der Waals surface area (Å²) in [5.41, 5.74) is 18.0. The molecule has 1 aromatic carbocycles. The Morgan fingerprint density at radius 2 is 1.54 bits per heavy atom. The molecule has 6 N–H and O–H groups in total. The highest BCUT2D eigenvalue weighted by atomic mass is 16.6. The fourth-order valence-electron chi connectivity index (χ4n) is 2.70. The van der Waals surface area contributed by atoms with Crippen molar-refractivity contribution in [3.05, 3.63) is 33.4 Å². The Bertz CT molecular complexity index is 780. The zero-order valence-electron chi connectivity index (χ0n) is 14.6. The number of rotatable bonds is 7. The van der Waals surface area contributed by atoms with E-state index in [1.807, 2.05) is 0 Å². The minimum atomic E-state index is -0.848. The second kappa shape index (κ2) is 7.59. The lowest BCUT2D eigenvalue weighted by Gasteiger charge is -2.20. The minimum Gasteiger partial charge on any atom is -0.493 e. The predicted octanol–water partition coefficient (Wildman–Crippen LogP) is 0.658. The van der Waals surface area contributed by atoms with Gasteiger partial charge in [-0.25, -0.2) is 0 Å². The standard InChI is InChI=1S/C15H20N6O5/c1-24-9-4-7(5-10(25-2)12(9)26-3)8(6-21(22)23)11-13(16)19-15(18)20-14(11)17/h4-5,8H,6H2,1-3H3,(H6,16,17,18,19,20). The van der Waals surface area contributed by atoms with Crippen LogP contribution in [0.4, 0.5) is 17.6 Å². The molecule has 0 saturated heterocycles. The van der Waals surface area contributed by atoms with Crippen LogP contribution < -0.4 is 31.4 Å². The van der Waals surface area contributed by atoms with E-state index >= 15 is 0 Å². The van der Waals surface area contributed by atoms with Crippen molar-refractivity contribution in [2.45, 2.75) is 5.92 Å². The van der Waals surface area contributed by atoms with Crippen molar-refractivity contribution in [3.63, 3.8) is 0 Å². The topological polar surface area (TPSA) is 175 Å². The SMILES string of the molecule is COc1cc(C(C[N+](=O)[O-])c2c(N)nc(N)nc2N)cc(OC)c1OC. The minimum absolute atomic E-state index is 0.0319. The maximum Gasteiger partial charge on any atom is 0.223 e. The zero-order chi connectivity index (χ0) is 19.4. The lowest BCUT2D eigenvalue weighted by Crippen LogP contribution is -2.19. The lowest BCUT2D eigenvalue weighted by atomic mass is 9.91. The summed E-state index contributed by atoms with van der Waals surface area (Å²) in [5.74, 6) is -0.000448. The molecule has 0 aliphatic carbocycles. The van der Waals surface area contributed by atoms with E-state index in [0.717, 1.165) is 0 Å². The fraction of sp³-hybridized carbons (Fsp3) is 0.333. The molecule has 0 bridgehead atoms. The van der Waals surface area contributed by atoms with E-state index in [2.05, 4.69) is 9.97 Å². The molecular formula is C15H20N6O5. The number of hydrogen-bond acceptors (Lipinski definition) is 10. The maximum absolute atomic E-state index is 11.2. The van der Waals surface area contributed by atoms with Crippen molar-refractivity contribution in [1.29, 1.82) is 0 Å². The molecule has 0 radical (unpaired) electrons. The molecule has 140 valence electrons. The van der Waals surface area contributed by atoms with Gasteiger partial charge in [0.05, 0.1) is 32.8 Å². The fourth-order valence-corrected chi connectivity index (χ4v) is 2.70. The number of nitrogens with two attached hydrogens (primary N) is 3. The third kappa shape index (κ3) is 3.61. The number of hydrogen-bond donors (Lipinski definition) is 3. The Morgan fingerprint density at radius 1 is 1.04 bits per heavy atom. The highest BCUT2D eigenvalue weighted by Gasteiger charge is 2.29. The normalized spacial score (nSPS) is 11.7. The summed E-state index contributed by atoms with van der Waals surface area (Å²) < 4.78 is 15.9. The molecule has 0 aliphatic rings. The molecule has 11 nitrogen and oxygen atoms in total. The maximum atomic E-state index is 11.2. The number of nitrogen functional groups attached to an aromatic ring is 3. The van der Waals surface area contributed by atoms with E-state index in [-0.39, 0.29) is 23.1 Å². The zero-order valence-corrected chi connectivity index (χ0v) is 14.6. The number of benzene rings is 1. The van der Waals surface area contributed by atoms with Gasteiger partial charge in [0.15, 0.2) is 11.5 Å². The van der Waals surface area contributed by atoms with E-state index in [9.17, 15) is 10.1 Å². The van der Waals surface area contributed by atoms with E-state index in [4.69, 9.17) is 31.4 Å². The van der Waals surface area contributed by atoms with Crippen LogP contribution in [0.5, 0.6) is 17.2 Å². The van der Waals surface area contributed by atoms with Crippen molar-refractivity contribution in [2.75, 3.05) is 45.1 Å². The van der Waals surface area contributed by atoms with Crippen LogP contribution in [-0.4, -0.2) is 42.8 Å². The van der Waals surface area contributed by atoms with Gasteiger partial charge < -0.3 is 31.4 Å². The molecule has 11 heteroatoms. The molecule has 1 atom stereocenters. The van der Waals surface area contributed by atoms with E-state index in [0.29, 0.717) is 22.8 Å². The van der Waals surface area contributed by atoms with Crippen LogP contribution in [0, 0.1) is 10.1 Å². The quantitative estimate of drug-likeness (QED) is 0.467. The van der Waals surface area contributed by atoms with Gasteiger partial charge in [-0.05, 0) is 17.7 Å². The van der Waals surface area contributed by atoms with Crippen LogP contribution >= 0.6 is 0 Å². The third-order valence-corrected chi connectivity index (χ3v) is 3.79. The van der Waals surface area contributed by atoms with Gasteiger partial charge in [0.2, 0.25) is 18.2 Å². The van der Waals surface area contributed by atoms with Gasteiger partial charge in [0, 0.05) is 4.92 Å². The number of anilines is 3. The Balaban J connectivity index is 2.71. The van der Waals surface area contributed by atoms with Crippen molar-refractivity contribution < 1.29 is 19.1 Å². The number of aromatic nitrogens is 2. The van der Waals surface area contributed by atoms with Gasteiger partial charge in [-0.3, -0.25) is 10.1 Å². The first-order valence-corrected chi connectivity index (χ1v) is 7.42. The van der Waals surface area contributed by atoms with Gasteiger partial charge in [-0.15, -0.1) is 0 Å². The molecule has 0 amide bonds. The molecule has 26 heavy (non-hydrogen) atoms. The highest BCUT2D eigenvalue weighted by Crippen LogP contribution is 2.42. The molecule has 2 aromatic rings. The van der Waals surface area contributed by atoms with Gasteiger partial charge in [0.1, 0.15) is 11.6 Å². The highest BCUT2D eigenvalue weighted by molar-refractivity contribution is 5.62. The first-order chi connectivity index (χ1) is 12.3. The van der Waals surface area contributed by atoms with Crippen LogP contribution in [0.2, 0.25) is 0 Å². The Labute approximate surface area is 149 Å². The molecule has 2 rings (SSSR count). The van der Waals surface area contributed by atoms with Crippen LogP contribution in [0.1, 0.15) is 17.0 Å². The van der Waals surface area contributed by atoms with E-state index in [1.165, 1.54) is 21.3 Å². The molecule has 0 fully saturated rings. The average Bonchev–Trinajstić information content (AvgIpc) is 2.58. The first-order valence-electron chi connectivity index (χ1n) is 7.42. The second-order valence-electron chi connectivity index (χ2n) is 5.29. The van der Waals surface area contributed by atoms with Crippen molar-refractivity contribution in [3.8, 4) is 17.2 Å². The molecule has 0 saturated carbocycles. The average molecular weight is 364 g/mol. The summed E-state index contributed by atoms with van der Waals surface area (Å²) in [7, 11) is 4.34. The van der Waals surface area contributed by atoms with Gasteiger partial charge in [-0.2, -0.15) is 9.97 Å². The van der Waals surface area contributed by atoms with Crippen LogP contribution in [0.15, 0.2) is 12.1 Å². The summed E-state index contributed by atoms with van der Waals surface area (Å²) in [5, 5.41) is 11.2. The summed E-state index contributed by atoms with van der Waals surface area (Å²) in [6.07, 6.45) is 0. The summed E-state index contributed by atoms with van der Waals surface area (Å²) in [6.45, 7) is -0.500. The number of ether oxygens (including phenoxy) is 3. The molecule has 1 unspecified atom stereocenters. The molecular weight excluding hydrogens is 344 g/mol. The largest absolute Gasteiger partial charge is 0.493 e. The first kappa shape index (κ1) is 18.8. The summed E-state index contributed by atoms with van der Waals surface area (Å²) in [4.78, 5) is 18.5. The number of nitro groups is 1.